The van der Waals surface area contributed by atoms with E-state index in [0.29, 0.717) is 28.1 Å². The first-order valence-corrected chi connectivity index (χ1v) is 15.5. The van der Waals surface area contributed by atoms with E-state index in [2.05, 4.69) is 5.32 Å². The highest BCUT2D eigenvalue weighted by molar-refractivity contribution is 6.13. The number of carbonyl (C=O) groups excluding carboxylic acids is 2. The molecule has 0 unspecified atom stereocenters. The van der Waals surface area contributed by atoms with Crippen molar-refractivity contribution >= 4 is 17.6 Å². The van der Waals surface area contributed by atoms with Crippen molar-refractivity contribution in [1.29, 1.82) is 0 Å². The SMILES string of the molecule is CC(C)c1c(C(=O)Nc2ccccc2O)c(-c2ccccc2)c(-c2ccc(F)cc2)n1CC[C@@H](O)C[C@@H](O)CC(=O)OC(C)(C)C. The summed E-state index contributed by atoms with van der Waals surface area (Å²) in [5.74, 6) is -1.63. The molecule has 4 rings (SSSR count). The maximum absolute atomic E-state index is 14.2. The molecular weight excluding hydrogens is 587 g/mol. The van der Waals surface area contributed by atoms with Crippen molar-refractivity contribution in [2.75, 3.05) is 5.32 Å². The molecule has 0 aliphatic carbocycles. The van der Waals surface area contributed by atoms with Crippen LogP contribution in [-0.4, -0.2) is 49.6 Å². The van der Waals surface area contributed by atoms with Gasteiger partial charge < -0.3 is 29.9 Å². The number of halogens is 1. The molecule has 0 aliphatic rings. The minimum Gasteiger partial charge on any atom is -0.506 e. The average Bonchev–Trinajstić information content (AvgIpc) is 3.32. The van der Waals surface area contributed by atoms with E-state index in [1.807, 2.05) is 48.7 Å². The summed E-state index contributed by atoms with van der Waals surface area (Å²) in [5, 5.41) is 34.8. The molecule has 0 aliphatic heterocycles. The van der Waals surface area contributed by atoms with Gasteiger partial charge in [0.15, 0.2) is 0 Å². The molecule has 244 valence electrons. The first kappa shape index (κ1) is 34.4. The van der Waals surface area contributed by atoms with Crippen LogP contribution in [0.5, 0.6) is 5.75 Å². The molecule has 0 radical (unpaired) electrons. The number of carbonyl (C=O) groups is 2. The summed E-state index contributed by atoms with van der Waals surface area (Å²) in [5.41, 5.74) is 3.37. The number of nitrogens with zero attached hydrogens (tertiary/aromatic N) is 1. The van der Waals surface area contributed by atoms with Gasteiger partial charge in [-0.2, -0.15) is 0 Å². The Bertz CT molecular complexity index is 1640. The van der Waals surface area contributed by atoms with Crippen molar-refractivity contribution in [2.45, 2.75) is 84.2 Å². The maximum atomic E-state index is 14.2. The number of esters is 1. The number of rotatable bonds is 12. The van der Waals surface area contributed by atoms with Crippen molar-refractivity contribution in [3.63, 3.8) is 0 Å². The number of anilines is 1. The largest absolute Gasteiger partial charge is 0.506 e. The van der Waals surface area contributed by atoms with E-state index in [-0.39, 0.29) is 43.2 Å². The molecular formula is C37H43FN2O6. The molecule has 1 aromatic heterocycles. The van der Waals surface area contributed by atoms with E-state index >= 15 is 0 Å². The van der Waals surface area contributed by atoms with E-state index in [1.165, 1.54) is 18.2 Å². The summed E-state index contributed by atoms with van der Waals surface area (Å²) in [6.07, 6.45) is -2.17. The molecule has 8 nitrogen and oxygen atoms in total. The summed E-state index contributed by atoms with van der Waals surface area (Å²) >= 11 is 0. The molecule has 1 amide bonds. The minimum atomic E-state index is -1.10. The standard InChI is InChI=1S/C37H43FN2O6/c1-23(2)34-33(36(45)39-29-13-9-10-14-30(29)43)32(24-11-7-6-8-12-24)35(25-15-17-26(38)18-16-25)40(34)20-19-27(41)21-28(42)22-31(44)46-37(3,4)5/h6-18,23,27-28,41-43H,19-22H2,1-5H3,(H,39,45)/t27-,28-/m1/s1. The first-order valence-electron chi connectivity index (χ1n) is 15.5. The summed E-state index contributed by atoms with van der Waals surface area (Å²) in [7, 11) is 0. The topological polar surface area (TPSA) is 121 Å². The third kappa shape index (κ3) is 8.62. The second-order valence-electron chi connectivity index (χ2n) is 12.8. The van der Waals surface area contributed by atoms with Gasteiger partial charge in [-0.25, -0.2) is 4.39 Å². The van der Waals surface area contributed by atoms with Gasteiger partial charge >= 0.3 is 5.97 Å². The molecule has 4 N–H and O–H groups in total. The van der Waals surface area contributed by atoms with E-state index in [1.54, 1.807) is 51.1 Å². The van der Waals surface area contributed by atoms with Gasteiger partial charge in [-0.1, -0.05) is 56.3 Å². The molecule has 0 saturated carbocycles. The van der Waals surface area contributed by atoms with Crippen molar-refractivity contribution in [2.24, 2.45) is 0 Å². The Balaban J connectivity index is 1.79. The van der Waals surface area contributed by atoms with Crippen LogP contribution in [0.25, 0.3) is 22.4 Å². The lowest BCUT2D eigenvalue weighted by Crippen LogP contribution is -2.28. The number of ether oxygens (including phenoxy) is 1. The van der Waals surface area contributed by atoms with Crippen LogP contribution in [0.3, 0.4) is 0 Å². The highest BCUT2D eigenvalue weighted by Gasteiger charge is 2.31. The lowest BCUT2D eigenvalue weighted by Gasteiger charge is -2.22. The number of hydrogen-bond donors (Lipinski definition) is 4. The number of aliphatic hydroxyl groups is 2. The Morgan fingerprint density at radius 1 is 0.891 bits per heavy atom. The number of aromatic hydroxyl groups is 1. The van der Waals surface area contributed by atoms with Crippen molar-refractivity contribution in [3.8, 4) is 28.1 Å². The zero-order chi connectivity index (χ0) is 33.6. The number of para-hydroxylation sites is 2. The summed E-state index contributed by atoms with van der Waals surface area (Å²) < 4.78 is 21.4. The van der Waals surface area contributed by atoms with Gasteiger partial charge in [0.2, 0.25) is 0 Å². The summed E-state index contributed by atoms with van der Waals surface area (Å²) in [6.45, 7) is 9.42. The third-order valence-corrected chi connectivity index (χ3v) is 7.46. The molecule has 3 aromatic carbocycles. The van der Waals surface area contributed by atoms with E-state index in [9.17, 15) is 29.3 Å². The molecule has 0 spiro atoms. The number of phenols is 1. The number of amides is 1. The lowest BCUT2D eigenvalue weighted by atomic mass is 9.94. The average molecular weight is 631 g/mol. The van der Waals surface area contributed by atoms with Crippen molar-refractivity contribution in [1.82, 2.24) is 4.57 Å². The van der Waals surface area contributed by atoms with Crippen LogP contribution in [0.4, 0.5) is 10.1 Å². The first-order chi connectivity index (χ1) is 21.7. The van der Waals surface area contributed by atoms with E-state index < -0.39 is 35.5 Å². The van der Waals surface area contributed by atoms with Gasteiger partial charge in [-0.15, -0.1) is 0 Å². The Hall–Kier alpha value is -4.47. The van der Waals surface area contributed by atoms with Crippen LogP contribution in [0, 0.1) is 5.82 Å². The molecule has 4 aromatic rings. The fourth-order valence-corrected chi connectivity index (χ4v) is 5.63. The van der Waals surface area contributed by atoms with Gasteiger partial charge in [-0.05, 0) is 87.1 Å². The zero-order valence-electron chi connectivity index (χ0n) is 27.0. The van der Waals surface area contributed by atoms with Crippen molar-refractivity contribution in [3.05, 3.63) is 95.9 Å². The second-order valence-corrected chi connectivity index (χ2v) is 12.8. The Kier molecular flexibility index (Phi) is 11.0. The highest BCUT2D eigenvalue weighted by Crippen LogP contribution is 2.43. The van der Waals surface area contributed by atoms with Gasteiger partial charge in [0.05, 0.1) is 35.6 Å². The monoisotopic (exact) mass is 630 g/mol. The summed E-state index contributed by atoms with van der Waals surface area (Å²) in [6, 6.07) is 21.9. The van der Waals surface area contributed by atoms with Crippen LogP contribution < -0.4 is 5.32 Å². The number of hydrogen-bond acceptors (Lipinski definition) is 6. The molecule has 0 fully saturated rings. The van der Waals surface area contributed by atoms with Gasteiger partial charge in [0.1, 0.15) is 17.2 Å². The number of nitrogens with one attached hydrogen (secondary N) is 1. The van der Waals surface area contributed by atoms with E-state index in [4.69, 9.17) is 4.74 Å². The van der Waals surface area contributed by atoms with E-state index in [0.717, 1.165) is 5.56 Å². The molecule has 9 heteroatoms. The third-order valence-electron chi connectivity index (χ3n) is 7.46. The molecule has 1 heterocycles. The molecule has 46 heavy (non-hydrogen) atoms. The zero-order valence-corrected chi connectivity index (χ0v) is 27.0. The quantitative estimate of drug-likeness (QED) is 0.0965. The van der Waals surface area contributed by atoms with Gasteiger partial charge in [0, 0.05) is 17.8 Å². The number of phenolic OH excluding ortho intramolecular Hbond substituents is 1. The van der Waals surface area contributed by atoms with Gasteiger partial charge in [0.25, 0.3) is 5.91 Å². The normalized spacial score (nSPS) is 13.0. The van der Waals surface area contributed by atoms with Crippen LogP contribution >= 0.6 is 0 Å². The Morgan fingerprint density at radius 3 is 2.13 bits per heavy atom. The van der Waals surface area contributed by atoms with Crippen LogP contribution in [0.2, 0.25) is 0 Å². The highest BCUT2D eigenvalue weighted by atomic mass is 19.1. The predicted molar refractivity (Wildman–Crippen MR) is 177 cm³/mol. The smallest absolute Gasteiger partial charge is 0.308 e. The number of benzene rings is 3. The number of aromatic nitrogens is 1. The van der Waals surface area contributed by atoms with Crippen molar-refractivity contribution < 1.29 is 34.0 Å². The predicted octanol–water partition coefficient (Wildman–Crippen LogP) is 7.28. The maximum Gasteiger partial charge on any atom is 0.308 e. The fraction of sp³-hybridized carbons (Fsp3) is 0.351. The summed E-state index contributed by atoms with van der Waals surface area (Å²) in [4.78, 5) is 26.4. The second kappa shape index (κ2) is 14.7. The van der Waals surface area contributed by atoms with Crippen LogP contribution in [0.1, 0.15) is 75.9 Å². The Morgan fingerprint density at radius 2 is 1.52 bits per heavy atom. The molecule has 2 atom stereocenters. The molecule has 0 bridgehead atoms. The van der Waals surface area contributed by atoms with Gasteiger partial charge in [-0.3, -0.25) is 9.59 Å². The van der Waals surface area contributed by atoms with Crippen LogP contribution in [0.15, 0.2) is 78.9 Å². The lowest BCUT2D eigenvalue weighted by molar-refractivity contribution is -0.157. The van der Waals surface area contributed by atoms with Crippen LogP contribution in [-0.2, 0) is 16.1 Å². The Labute approximate surface area is 269 Å². The fourth-order valence-electron chi connectivity index (χ4n) is 5.63. The molecule has 0 saturated heterocycles. The number of aliphatic hydroxyl groups excluding tert-OH is 2. The minimum absolute atomic E-state index is 0.0461.